The van der Waals surface area contributed by atoms with Crippen molar-refractivity contribution in [3.8, 4) is 0 Å². The van der Waals surface area contributed by atoms with Gasteiger partial charge < -0.3 is 9.80 Å². The highest BCUT2D eigenvalue weighted by Crippen LogP contribution is 2.30. The van der Waals surface area contributed by atoms with Gasteiger partial charge in [-0.3, -0.25) is 10.1 Å². The van der Waals surface area contributed by atoms with Gasteiger partial charge in [0.15, 0.2) is 0 Å². The van der Waals surface area contributed by atoms with E-state index < -0.39 is 14.9 Å². The maximum absolute atomic E-state index is 13.9. The van der Waals surface area contributed by atoms with E-state index in [2.05, 4.69) is 0 Å². The number of primary sulfonamides is 1. The third-order valence-electron chi connectivity index (χ3n) is 4.27. The number of nitro benzene ring substituents is 1. The molecule has 0 bridgehead atoms. The first-order chi connectivity index (χ1) is 12.3. The molecule has 1 aliphatic rings. The number of hydrogen-bond donors (Lipinski definition) is 1. The first-order valence-corrected chi connectivity index (χ1v) is 9.37. The number of rotatable bonds is 4. The van der Waals surface area contributed by atoms with Crippen molar-refractivity contribution in [2.24, 2.45) is 5.14 Å². The Hall–Kier alpha value is -2.72. The largest absolute Gasteiger partial charge is 0.367 e. The van der Waals surface area contributed by atoms with Crippen LogP contribution in [0.4, 0.5) is 21.5 Å². The van der Waals surface area contributed by atoms with Crippen LogP contribution in [0, 0.1) is 15.9 Å². The van der Waals surface area contributed by atoms with Gasteiger partial charge in [0.1, 0.15) is 10.7 Å². The monoisotopic (exact) mass is 380 g/mol. The topological polar surface area (TPSA) is 110 Å². The Bertz CT molecular complexity index is 943. The zero-order chi connectivity index (χ0) is 18.9. The summed E-state index contributed by atoms with van der Waals surface area (Å²) in [4.78, 5) is 13.6. The van der Waals surface area contributed by atoms with Crippen molar-refractivity contribution < 1.29 is 17.7 Å². The molecular formula is C16H17FN4O4S. The molecule has 0 spiro atoms. The molecule has 2 aromatic carbocycles. The number of para-hydroxylation sites is 1. The van der Waals surface area contributed by atoms with Crippen LogP contribution >= 0.6 is 0 Å². The predicted octanol–water partition coefficient (Wildman–Crippen LogP) is 1.71. The third kappa shape index (κ3) is 3.60. The Labute approximate surface area is 149 Å². The number of benzene rings is 2. The van der Waals surface area contributed by atoms with Crippen LogP contribution in [0.1, 0.15) is 0 Å². The number of anilines is 2. The lowest BCUT2D eigenvalue weighted by molar-refractivity contribution is -0.385. The summed E-state index contributed by atoms with van der Waals surface area (Å²) in [5.74, 6) is -0.318. The van der Waals surface area contributed by atoms with Gasteiger partial charge in [0.25, 0.3) is 5.69 Å². The van der Waals surface area contributed by atoms with Gasteiger partial charge in [0, 0.05) is 38.3 Å². The molecule has 2 aromatic rings. The van der Waals surface area contributed by atoms with Crippen molar-refractivity contribution in [3.63, 3.8) is 0 Å². The Morgan fingerprint density at radius 3 is 2.12 bits per heavy atom. The molecule has 1 aliphatic heterocycles. The van der Waals surface area contributed by atoms with Crippen LogP contribution in [0.15, 0.2) is 47.4 Å². The molecule has 0 amide bonds. The molecule has 2 N–H and O–H groups in total. The highest BCUT2D eigenvalue weighted by atomic mass is 32.2. The second kappa shape index (κ2) is 6.89. The van der Waals surface area contributed by atoms with Crippen LogP contribution in [0.25, 0.3) is 0 Å². The van der Waals surface area contributed by atoms with E-state index in [1.54, 1.807) is 23.1 Å². The van der Waals surface area contributed by atoms with E-state index >= 15 is 0 Å². The summed E-state index contributed by atoms with van der Waals surface area (Å²) in [6.07, 6.45) is 0. The molecule has 10 heteroatoms. The Kier molecular flexibility index (Phi) is 4.79. The summed E-state index contributed by atoms with van der Waals surface area (Å²) in [7, 11) is -4.13. The molecule has 8 nitrogen and oxygen atoms in total. The summed E-state index contributed by atoms with van der Waals surface area (Å²) in [6.45, 7) is 1.80. The average Bonchev–Trinajstić information content (AvgIpc) is 2.61. The fraction of sp³-hybridized carbons (Fsp3) is 0.250. The van der Waals surface area contributed by atoms with Gasteiger partial charge in [-0.2, -0.15) is 0 Å². The zero-order valence-corrected chi connectivity index (χ0v) is 14.5. The molecule has 26 heavy (non-hydrogen) atoms. The molecule has 0 saturated carbocycles. The number of piperazine rings is 1. The number of sulfonamides is 1. The molecule has 0 aromatic heterocycles. The number of halogens is 1. The molecule has 3 rings (SSSR count). The molecule has 0 atom stereocenters. The van der Waals surface area contributed by atoms with Gasteiger partial charge in [0.2, 0.25) is 10.0 Å². The first kappa shape index (κ1) is 18.1. The lowest BCUT2D eigenvalue weighted by Gasteiger charge is -2.38. The maximum atomic E-state index is 13.9. The highest BCUT2D eigenvalue weighted by molar-refractivity contribution is 7.89. The fourth-order valence-corrected chi connectivity index (χ4v) is 3.78. The zero-order valence-electron chi connectivity index (χ0n) is 13.7. The van der Waals surface area contributed by atoms with Crippen molar-refractivity contribution >= 4 is 27.1 Å². The van der Waals surface area contributed by atoms with E-state index in [0.29, 0.717) is 37.6 Å². The highest BCUT2D eigenvalue weighted by Gasteiger charge is 2.26. The normalized spacial score (nSPS) is 15.2. The van der Waals surface area contributed by atoms with Crippen LogP contribution in [-0.4, -0.2) is 39.5 Å². The fourth-order valence-electron chi connectivity index (χ4n) is 3.00. The number of hydrogen-bond acceptors (Lipinski definition) is 6. The van der Waals surface area contributed by atoms with Gasteiger partial charge in [-0.1, -0.05) is 12.1 Å². The van der Waals surface area contributed by atoms with Crippen LogP contribution in [-0.2, 0) is 10.0 Å². The first-order valence-electron chi connectivity index (χ1n) is 7.83. The SMILES string of the molecule is NS(=O)(=O)c1cc([N+](=O)[O-])ccc1N1CCN(c2ccccc2F)CC1. The quantitative estimate of drug-likeness (QED) is 0.639. The third-order valence-corrected chi connectivity index (χ3v) is 5.21. The molecule has 1 saturated heterocycles. The number of non-ortho nitro benzene ring substituents is 1. The summed E-state index contributed by atoms with van der Waals surface area (Å²) < 4.78 is 37.7. The minimum absolute atomic E-state index is 0.286. The molecule has 138 valence electrons. The summed E-state index contributed by atoms with van der Waals surface area (Å²) >= 11 is 0. The summed E-state index contributed by atoms with van der Waals surface area (Å²) in [5, 5.41) is 16.1. The van der Waals surface area contributed by atoms with E-state index in [1.165, 1.54) is 18.2 Å². The summed E-state index contributed by atoms with van der Waals surface area (Å²) in [5.41, 5.74) is 0.455. The standard InChI is InChI=1S/C16H17FN4O4S/c17-13-3-1-2-4-14(13)19-7-9-20(10-8-19)15-6-5-12(21(22)23)11-16(15)26(18,24)25/h1-6,11H,7-10H2,(H2,18,24,25). The van der Waals surface area contributed by atoms with Gasteiger partial charge in [-0.25, -0.2) is 17.9 Å². The van der Waals surface area contributed by atoms with Gasteiger partial charge >= 0.3 is 0 Å². The van der Waals surface area contributed by atoms with Crippen molar-refractivity contribution in [2.75, 3.05) is 36.0 Å². The lowest BCUT2D eigenvalue weighted by Crippen LogP contribution is -2.47. The predicted molar refractivity (Wildman–Crippen MR) is 95.3 cm³/mol. The van der Waals surface area contributed by atoms with E-state index in [9.17, 15) is 22.9 Å². The van der Waals surface area contributed by atoms with Crippen molar-refractivity contribution in [3.05, 3.63) is 58.4 Å². The maximum Gasteiger partial charge on any atom is 0.270 e. The van der Waals surface area contributed by atoms with Crippen LogP contribution in [0.5, 0.6) is 0 Å². The summed E-state index contributed by atoms with van der Waals surface area (Å²) in [6, 6.07) is 10.0. The molecule has 1 fully saturated rings. The van der Waals surface area contributed by atoms with E-state index in [1.807, 2.05) is 4.90 Å². The van der Waals surface area contributed by atoms with Crippen LogP contribution in [0.2, 0.25) is 0 Å². The van der Waals surface area contributed by atoms with E-state index in [4.69, 9.17) is 5.14 Å². The van der Waals surface area contributed by atoms with E-state index in [0.717, 1.165) is 6.07 Å². The lowest BCUT2D eigenvalue weighted by atomic mass is 10.2. The van der Waals surface area contributed by atoms with E-state index in [-0.39, 0.29) is 16.4 Å². The second-order valence-electron chi connectivity index (χ2n) is 5.88. The Morgan fingerprint density at radius 2 is 1.58 bits per heavy atom. The Morgan fingerprint density at radius 1 is 1.00 bits per heavy atom. The van der Waals surface area contributed by atoms with Crippen molar-refractivity contribution in [1.29, 1.82) is 0 Å². The minimum Gasteiger partial charge on any atom is -0.367 e. The molecule has 0 radical (unpaired) electrons. The van der Waals surface area contributed by atoms with Crippen molar-refractivity contribution in [1.82, 2.24) is 0 Å². The Balaban J connectivity index is 1.85. The van der Waals surface area contributed by atoms with Gasteiger partial charge in [0.05, 0.1) is 16.3 Å². The molecule has 1 heterocycles. The average molecular weight is 380 g/mol. The van der Waals surface area contributed by atoms with Crippen molar-refractivity contribution in [2.45, 2.75) is 4.90 Å². The molecular weight excluding hydrogens is 363 g/mol. The second-order valence-corrected chi connectivity index (χ2v) is 7.41. The number of nitrogens with zero attached hydrogens (tertiary/aromatic N) is 3. The molecule has 0 unspecified atom stereocenters. The van der Waals surface area contributed by atoms with Crippen LogP contribution < -0.4 is 14.9 Å². The molecule has 0 aliphatic carbocycles. The number of nitrogens with two attached hydrogens (primary N) is 1. The smallest absolute Gasteiger partial charge is 0.270 e. The van der Waals surface area contributed by atoms with Crippen LogP contribution in [0.3, 0.4) is 0 Å². The van der Waals surface area contributed by atoms with Gasteiger partial charge in [-0.15, -0.1) is 0 Å². The number of nitro groups is 1. The van der Waals surface area contributed by atoms with Gasteiger partial charge in [-0.05, 0) is 18.2 Å². The minimum atomic E-state index is -4.13.